The highest BCUT2D eigenvalue weighted by Gasteiger charge is 2.35. The maximum absolute atomic E-state index is 11.6. The highest BCUT2D eigenvalue weighted by atomic mass is 16.5. The SMILES string of the molecule is COC(=O)c1cc(-c2ccc(C#CC#C[C@@H]3CC3CO)cc2)ccn1.O=C(NO)c1cc(-c2ccc(C#CC#C[C@@H]3CC3CO)cc2)ccn1. The van der Waals surface area contributed by atoms with Crippen LogP contribution in [0.3, 0.4) is 0 Å². The van der Waals surface area contributed by atoms with Gasteiger partial charge in [-0.05, 0) is 119 Å². The van der Waals surface area contributed by atoms with E-state index in [2.05, 4.69) is 62.1 Å². The van der Waals surface area contributed by atoms with Crippen molar-refractivity contribution >= 4 is 11.9 Å². The molecule has 2 aromatic heterocycles. The van der Waals surface area contributed by atoms with Gasteiger partial charge >= 0.3 is 5.97 Å². The van der Waals surface area contributed by atoms with Gasteiger partial charge in [-0.1, -0.05) is 47.9 Å². The molecule has 1 amide bonds. The molecule has 2 fully saturated rings. The van der Waals surface area contributed by atoms with Crippen molar-refractivity contribution in [3.8, 4) is 69.6 Å². The maximum Gasteiger partial charge on any atom is 0.356 e. The largest absolute Gasteiger partial charge is 0.464 e. The molecule has 4 aromatic rings. The van der Waals surface area contributed by atoms with Crippen LogP contribution in [-0.2, 0) is 4.74 Å². The minimum Gasteiger partial charge on any atom is -0.464 e. The summed E-state index contributed by atoms with van der Waals surface area (Å²) in [5, 5.41) is 26.6. The number of aliphatic hydroxyl groups excluding tert-OH is 2. The molecule has 4 N–H and O–H groups in total. The molecule has 0 spiro atoms. The average Bonchev–Trinajstić information content (AvgIpc) is 4.11. The fourth-order valence-electron chi connectivity index (χ4n) is 4.83. The zero-order chi connectivity index (χ0) is 35.3. The number of hydroxylamine groups is 1. The second-order valence-corrected chi connectivity index (χ2v) is 11.6. The van der Waals surface area contributed by atoms with Gasteiger partial charge in [-0.2, -0.15) is 0 Å². The van der Waals surface area contributed by atoms with E-state index in [1.165, 1.54) is 13.3 Å². The molecule has 6 rings (SSSR count). The van der Waals surface area contributed by atoms with E-state index in [4.69, 9.17) is 15.4 Å². The van der Waals surface area contributed by atoms with Crippen LogP contribution in [0.4, 0.5) is 0 Å². The normalized spacial score (nSPS) is 17.5. The predicted octanol–water partition coefficient (Wildman–Crippen LogP) is 4.37. The van der Waals surface area contributed by atoms with Gasteiger partial charge in [-0.3, -0.25) is 15.0 Å². The molecule has 248 valence electrons. The maximum atomic E-state index is 11.6. The Hall–Kier alpha value is -6.20. The Kier molecular flexibility index (Phi) is 12.1. The van der Waals surface area contributed by atoms with Gasteiger partial charge in [0.05, 0.1) is 7.11 Å². The van der Waals surface area contributed by atoms with Crippen LogP contribution in [0.2, 0.25) is 0 Å². The zero-order valence-electron chi connectivity index (χ0n) is 27.2. The second kappa shape index (κ2) is 17.3. The highest BCUT2D eigenvalue weighted by Crippen LogP contribution is 2.37. The summed E-state index contributed by atoms with van der Waals surface area (Å²) >= 11 is 0. The fourth-order valence-corrected chi connectivity index (χ4v) is 4.83. The molecule has 0 aliphatic heterocycles. The first-order chi connectivity index (χ1) is 24.4. The van der Waals surface area contributed by atoms with Crippen molar-refractivity contribution < 1.29 is 29.7 Å². The van der Waals surface area contributed by atoms with E-state index < -0.39 is 11.9 Å². The van der Waals surface area contributed by atoms with Crippen molar-refractivity contribution in [2.24, 2.45) is 23.7 Å². The Bertz CT molecular complexity index is 1950. The van der Waals surface area contributed by atoms with E-state index in [-0.39, 0.29) is 24.6 Å². The van der Waals surface area contributed by atoms with Crippen LogP contribution < -0.4 is 5.48 Å². The number of benzene rings is 2. The average molecular weight is 664 g/mol. The molecule has 2 aliphatic rings. The Labute approximate surface area is 290 Å². The summed E-state index contributed by atoms with van der Waals surface area (Å²) in [5.41, 5.74) is 7.28. The summed E-state index contributed by atoms with van der Waals surface area (Å²) in [6.07, 6.45) is 5.03. The van der Waals surface area contributed by atoms with Gasteiger partial charge in [0.2, 0.25) is 0 Å². The number of nitrogens with zero attached hydrogens (tertiary/aromatic N) is 2. The summed E-state index contributed by atoms with van der Waals surface area (Å²) < 4.78 is 4.69. The molecule has 4 atom stereocenters. The number of aromatic nitrogens is 2. The number of methoxy groups -OCH3 is 1. The quantitative estimate of drug-likeness (QED) is 0.103. The smallest absolute Gasteiger partial charge is 0.356 e. The van der Waals surface area contributed by atoms with E-state index in [1.807, 2.05) is 54.6 Å². The number of carbonyl (C=O) groups excluding carboxylic acids is 2. The number of esters is 1. The molecular formula is C41H33N3O6. The van der Waals surface area contributed by atoms with Crippen molar-refractivity contribution in [3.05, 3.63) is 108 Å². The third kappa shape index (κ3) is 9.91. The van der Waals surface area contributed by atoms with Crippen LogP contribution in [0.15, 0.2) is 85.2 Å². The summed E-state index contributed by atoms with van der Waals surface area (Å²) in [6.45, 7) is 0.409. The van der Waals surface area contributed by atoms with Gasteiger partial charge in [0.15, 0.2) is 0 Å². The van der Waals surface area contributed by atoms with Crippen molar-refractivity contribution in [1.82, 2.24) is 15.4 Å². The van der Waals surface area contributed by atoms with Crippen LogP contribution in [0, 0.1) is 71.0 Å². The number of hydrogen-bond acceptors (Lipinski definition) is 8. The van der Waals surface area contributed by atoms with Gasteiger partial charge in [-0.25, -0.2) is 15.3 Å². The van der Waals surface area contributed by atoms with E-state index in [1.54, 1.807) is 29.9 Å². The van der Waals surface area contributed by atoms with Gasteiger partial charge < -0.3 is 14.9 Å². The van der Waals surface area contributed by atoms with E-state index in [0.717, 1.165) is 46.2 Å². The number of rotatable bonds is 6. The van der Waals surface area contributed by atoms with E-state index in [0.29, 0.717) is 23.7 Å². The van der Waals surface area contributed by atoms with Crippen molar-refractivity contribution in [1.29, 1.82) is 0 Å². The van der Waals surface area contributed by atoms with E-state index >= 15 is 0 Å². The number of hydrogen-bond donors (Lipinski definition) is 4. The van der Waals surface area contributed by atoms with Gasteiger partial charge in [0.1, 0.15) is 11.4 Å². The fraction of sp³-hybridized carbons (Fsp3) is 0.220. The summed E-state index contributed by atoms with van der Waals surface area (Å²) in [5.74, 6) is 23.6. The summed E-state index contributed by atoms with van der Waals surface area (Å²) in [7, 11) is 1.33. The number of amides is 1. The number of aliphatic hydroxyl groups is 2. The molecule has 0 saturated heterocycles. The Morgan fingerprint density at radius 3 is 1.58 bits per heavy atom. The molecule has 9 heteroatoms. The lowest BCUT2D eigenvalue weighted by atomic mass is 10.0. The predicted molar refractivity (Wildman–Crippen MR) is 187 cm³/mol. The number of nitrogens with one attached hydrogen (secondary N) is 1. The van der Waals surface area contributed by atoms with Crippen LogP contribution >= 0.6 is 0 Å². The van der Waals surface area contributed by atoms with Gasteiger partial charge in [0, 0.05) is 48.6 Å². The lowest BCUT2D eigenvalue weighted by Gasteiger charge is -2.04. The molecule has 9 nitrogen and oxygen atoms in total. The second-order valence-electron chi connectivity index (χ2n) is 11.6. The molecule has 2 heterocycles. The van der Waals surface area contributed by atoms with Gasteiger partial charge in [-0.15, -0.1) is 0 Å². The molecule has 2 unspecified atom stereocenters. The summed E-state index contributed by atoms with van der Waals surface area (Å²) in [4.78, 5) is 30.9. The standard InChI is InChI=1S/C21H17NO3.C20H16N2O3/c1-25-21(24)20-13-18(10-11-22-20)16-8-6-15(7-9-16)4-2-3-5-17-12-19(17)14-23;23-13-18-11-16(18)4-2-1-3-14-5-7-15(8-6-14)17-9-10-21-19(12-17)20(24)22-25/h6-11,13,17,19,23H,12,14H2,1H3;5-10,12,16,18,23,25H,11,13H2,(H,22,24)/t17-,19?;16-,18?/m11/s1. The van der Waals surface area contributed by atoms with Crippen molar-refractivity contribution in [2.75, 3.05) is 20.3 Å². The lowest BCUT2D eigenvalue weighted by molar-refractivity contribution is 0.0593. The van der Waals surface area contributed by atoms with Crippen LogP contribution in [0.5, 0.6) is 0 Å². The Morgan fingerprint density at radius 1 is 0.700 bits per heavy atom. The van der Waals surface area contributed by atoms with E-state index in [9.17, 15) is 9.59 Å². The summed E-state index contributed by atoms with van der Waals surface area (Å²) in [6, 6.07) is 22.2. The monoisotopic (exact) mass is 663 g/mol. The van der Waals surface area contributed by atoms with Crippen molar-refractivity contribution in [2.45, 2.75) is 12.8 Å². The minimum atomic E-state index is -0.651. The first kappa shape index (κ1) is 35.1. The molecule has 2 aliphatic carbocycles. The minimum absolute atomic E-state index is 0.139. The van der Waals surface area contributed by atoms with Crippen LogP contribution in [0.1, 0.15) is 44.9 Å². The number of ether oxygens (including phenoxy) is 1. The van der Waals surface area contributed by atoms with Gasteiger partial charge in [0.25, 0.3) is 5.91 Å². The zero-order valence-corrected chi connectivity index (χ0v) is 27.2. The number of pyridine rings is 2. The third-order valence-corrected chi connectivity index (χ3v) is 8.05. The molecular weight excluding hydrogens is 630 g/mol. The molecule has 0 bridgehead atoms. The lowest BCUT2D eigenvalue weighted by Crippen LogP contribution is -2.19. The van der Waals surface area contributed by atoms with Crippen molar-refractivity contribution in [3.63, 3.8) is 0 Å². The first-order valence-electron chi connectivity index (χ1n) is 15.8. The molecule has 0 radical (unpaired) electrons. The molecule has 2 aromatic carbocycles. The van der Waals surface area contributed by atoms with Crippen LogP contribution in [-0.4, -0.2) is 57.6 Å². The molecule has 50 heavy (non-hydrogen) atoms. The Morgan fingerprint density at radius 2 is 1.16 bits per heavy atom. The highest BCUT2D eigenvalue weighted by molar-refractivity contribution is 5.92. The van der Waals surface area contributed by atoms with Crippen LogP contribution in [0.25, 0.3) is 22.3 Å². The Balaban J connectivity index is 0.000000194. The first-order valence-corrected chi connectivity index (χ1v) is 15.8. The number of carbonyl (C=O) groups is 2. The third-order valence-electron chi connectivity index (χ3n) is 8.05. The molecule has 2 saturated carbocycles. The topological polar surface area (TPSA) is 142 Å².